The molecular weight excluding hydrogens is 230 g/mol. The third-order valence-electron chi connectivity index (χ3n) is 3.81. The van der Waals surface area contributed by atoms with Crippen LogP contribution in [0, 0.1) is 11.3 Å². The van der Waals surface area contributed by atoms with Gasteiger partial charge in [-0.3, -0.25) is 9.59 Å². The van der Waals surface area contributed by atoms with Gasteiger partial charge in [-0.1, -0.05) is 33.1 Å². The average Bonchev–Trinajstić information content (AvgIpc) is 2.29. The number of amides is 1. The molecule has 0 bridgehead atoms. The van der Waals surface area contributed by atoms with Crippen LogP contribution in [0.4, 0.5) is 0 Å². The number of carbonyl (C=O) groups excluding carboxylic acids is 1. The minimum absolute atomic E-state index is 0.111. The first-order chi connectivity index (χ1) is 8.46. The van der Waals surface area contributed by atoms with E-state index in [1.807, 2.05) is 0 Å². The van der Waals surface area contributed by atoms with E-state index < -0.39 is 11.4 Å². The van der Waals surface area contributed by atoms with Crippen LogP contribution in [0.3, 0.4) is 0 Å². The number of hydrogen-bond donors (Lipinski definition) is 2. The van der Waals surface area contributed by atoms with Gasteiger partial charge in [0.15, 0.2) is 0 Å². The normalized spacial score (nSPS) is 18.6. The lowest BCUT2D eigenvalue weighted by Gasteiger charge is -2.32. The Morgan fingerprint density at radius 3 is 2.33 bits per heavy atom. The van der Waals surface area contributed by atoms with Crippen LogP contribution in [0.15, 0.2) is 0 Å². The Hall–Kier alpha value is -1.06. The zero-order valence-electron chi connectivity index (χ0n) is 11.5. The molecule has 4 heteroatoms. The lowest BCUT2D eigenvalue weighted by atomic mass is 9.71. The van der Waals surface area contributed by atoms with Crippen LogP contribution in [0.5, 0.6) is 0 Å². The van der Waals surface area contributed by atoms with Crippen LogP contribution in [0.1, 0.15) is 58.8 Å². The zero-order valence-corrected chi connectivity index (χ0v) is 11.5. The van der Waals surface area contributed by atoms with Gasteiger partial charge in [0.05, 0.1) is 5.41 Å². The number of nitrogens with one attached hydrogen (secondary N) is 1. The second kappa shape index (κ2) is 6.76. The number of hydrogen-bond acceptors (Lipinski definition) is 2. The standard InChI is InChI=1S/C14H25NO3/c1-11(2)6-9-15-12(16)10-14(13(17)18)7-4-3-5-8-14/h11H,3-10H2,1-2H3,(H,15,16)(H,17,18). The van der Waals surface area contributed by atoms with Crippen molar-refractivity contribution in [2.45, 2.75) is 58.8 Å². The number of carboxylic acids is 1. The number of rotatable bonds is 6. The van der Waals surface area contributed by atoms with E-state index >= 15 is 0 Å². The first kappa shape index (κ1) is 15.0. The van der Waals surface area contributed by atoms with E-state index in [9.17, 15) is 14.7 Å². The molecule has 0 radical (unpaired) electrons. The molecule has 0 aliphatic heterocycles. The zero-order chi connectivity index (χ0) is 13.6. The topological polar surface area (TPSA) is 66.4 Å². The van der Waals surface area contributed by atoms with Crippen molar-refractivity contribution in [2.24, 2.45) is 11.3 Å². The van der Waals surface area contributed by atoms with Gasteiger partial charge < -0.3 is 10.4 Å². The lowest BCUT2D eigenvalue weighted by Crippen LogP contribution is -2.39. The third-order valence-corrected chi connectivity index (χ3v) is 3.81. The summed E-state index contributed by atoms with van der Waals surface area (Å²) in [5, 5.41) is 12.2. The van der Waals surface area contributed by atoms with E-state index in [4.69, 9.17) is 0 Å². The number of carbonyl (C=O) groups is 2. The first-order valence-corrected chi connectivity index (χ1v) is 6.96. The Morgan fingerprint density at radius 2 is 1.83 bits per heavy atom. The summed E-state index contributed by atoms with van der Waals surface area (Å²) in [6, 6.07) is 0. The molecule has 104 valence electrons. The molecule has 1 rings (SSSR count). The molecule has 1 aliphatic rings. The molecule has 0 saturated heterocycles. The summed E-state index contributed by atoms with van der Waals surface area (Å²) in [7, 11) is 0. The van der Waals surface area contributed by atoms with Gasteiger partial charge in [-0.15, -0.1) is 0 Å². The molecule has 0 atom stereocenters. The Kier molecular flexibility index (Phi) is 5.63. The highest BCUT2D eigenvalue weighted by Gasteiger charge is 2.41. The van der Waals surface area contributed by atoms with E-state index in [0.29, 0.717) is 25.3 Å². The van der Waals surface area contributed by atoms with Crippen molar-refractivity contribution in [3.05, 3.63) is 0 Å². The summed E-state index contributed by atoms with van der Waals surface area (Å²) in [6.45, 7) is 4.85. The smallest absolute Gasteiger partial charge is 0.310 e. The molecule has 18 heavy (non-hydrogen) atoms. The molecule has 0 unspecified atom stereocenters. The molecule has 0 aromatic rings. The fourth-order valence-electron chi connectivity index (χ4n) is 2.56. The van der Waals surface area contributed by atoms with E-state index in [0.717, 1.165) is 25.7 Å². The third kappa shape index (κ3) is 4.31. The SMILES string of the molecule is CC(C)CCNC(=O)CC1(C(=O)O)CCCCC1. The second-order valence-electron chi connectivity index (χ2n) is 5.86. The van der Waals surface area contributed by atoms with Crippen LogP contribution < -0.4 is 5.32 Å². The minimum Gasteiger partial charge on any atom is -0.481 e. The van der Waals surface area contributed by atoms with Gasteiger partial charge in [0.25, 0.3) is 0 Å². The van der Waals surface area contributed by atoms with Gasteiger partial charge in [0.1, 0.15) is 0 Å². The van der Waals surface area contributed by atoms with Crippen molar-refractivity contribution in [3.8, 4) is 0 Å². The highest BCUT2D eigenvalue weighted by Crippen LogP contribution is 2.39. The van der Waals surface area contributed by atoms with E-state index in [1.54, 1.807) is 0 Å². The van der Waals surface area contributed by atoms with Crippen LogP contribution in [-0.2, 0) is 9.59 Å². The van der Waals surface area contributed by atoms with Crippen molar-refractivity contribution in [1.29, 1.82) is 0 Å². The maximum atomic E-state index is 11.8. The number of aliphatic carboxylic acids is 1. The second-order valence-corrected chi connectivity index (χ2v) is 5.86. The van der Waals surface area contributed by atoms with Gasteiger partial charge >= 0.3 is 5.97 Å². The summed E-state index contributed by atoms with van der Waals surface area (Å²) in [5.41, 5.74) is -0.805. The lowest BCUT2D eigenvalue weighted by molar-refractivity contribution is -0.154. The van der Waals surface area contributed by atoms with Crippen molar-refractivity contribution in [1.82, 2.24) is 5.32 Å². The van der Waals surface area contributed by atoms with Gasteiger partial charge in [-0.05, 0) is 25.2 Å². The summed E-state index contributed by atoms with van der Waals surface area (Å²) in [6.07, 6.45) is 5.28. The monoisotopic (exact) mass is 255 g/mol. The van der Waals surface area contributed by atoms with Crippen LogP contribution in [-0.4, -0.2) is 23.5 Å². The minimum atomic E-state index is -0.805. The van der Waals surface area contributed by atoms with Gasteiger partial charge in [-0.2, -0.15) is 0 Å². The van der Waals surface area contributed by atoms with Gasteiger partial charge in [-0.25, -0.2) is 0 Å². The molecule has 1 saturated carbocycles. The molecule has 1 amide bonds. The Labute approximate surface area is 109 Å². The molecule has 1 aliphatic carbocycles. The molecule has 0 spiro atoms. The van der Waals surface area contributed by atoms with Crippen LogP contribution in [0.2, 0.25) is 0 Å². The maximum Gasteiger partial charge on any atom is 0.310 e. The molecule has 0 aromatic heterocycles. The fourth-order valence-corrected chi connectivity index (χ4v) is 2.56. The highest BCUT2D eigenvalue weighted by molar-refractivity contribution is 5.85. The van der Waals surface area contributed by atoms with Gasteiger partial charge in [0.2, 0.25) is 5.91 Å². The Bertz CT molecular complexity index is 293. The Morgan fingerprint density at radius 1 is 1.22 bits per heavy atom. The largest absolute Gasteiger partial charge is 0.481 e. The van der Waals surface area contributed by atoms with Crippen molar-refractivity contribution < 1.29 is 14.7 Å². The summed E-state index contributed by atoms with van der Waals surface area (Å²) in [4.78, 5) is 23.2. The quantitative estimate of drug-likeness (QED) is 0.766. The molecule has 1 fully saturated rings. The van der Waals surface area contributed by atoms with E-state index in [1.165, 1.54) is 0 Å². The summed E-state index contributed by atoms with van der Waals surface area (Å²) < 4.78 is 0. The highest BCUT2D eigenvalue weighted by atomic mass is 16.4. The fraction of sp³-hybridized carbons (Fsp3) is 0.857. The predicted octanol–water partition coefficient (Wildman–Crippen LogP) is 2.57. The molecule has 0 heterocycles. The molecule has 4 nitrogen and oxygen atoms in total. The van der Waals surface area contributed by atoms with Crippen molar-refractivity contribution in [3.63, 3.8) is 0 Å². The Balaban J connectivity index is 2.46. The van der Waals surface area contributed by atoms with E-state index in [2.05, 4.69) is 19.2 Å². The van der Waals surface area contributed by atoms with Gasteiger partial charge in [0, 0.05) is 13.0 Å². The predicted molar refractivity (Wildman–Crippen MR) is 70.2 cm³/mol. The first-order valence-electron chi connectivity index (χ1n) is 6.96. The van der Waals surface area contributed by atoms with E-state index in [-0.39, 0.29) is 12.3 Å². The number of carboxylic acid groups (broad SMARTS) is 1. The van der Waals surface area contributed by atoms with Crippen LogP contribution >= 0.6 is 0 Å². The summed E-state index contributed by atoms with van der Waals surface area (Å²) in [5.74, 6) is -0.366. The van der Waals surface area contributed by atoms with Crippen molar-refractivity contribution >= 4 is 11.9 Å². The average molecular weight is 255 g/mol. The molecule has 2 N–H and O–H groups in total. The molecule has 0 aromatic carbocycles. The van der Waals surface area contributed by atoms with Crippen LogP contribution in [0.25, 0.3) is 0 Å². The summed E-state index contributed by atoms with van der Waals surface area (Å²) >= 11 is 0. The molecular formula is C14H25NO3. The maximum absolute atomic E-state index is 11.8. The van der Waals surface area contributed by atoms with Crippen molar-refractivity contribution in [2.75, 3.05) is 6.54 Å².